The summed E-state index contributed by atoms with van der Waals surface area (Å²) in [6.07, 6.45) is 1.94. The molecule has 3 rings (SSSR count). The summed E-state index contributed by atoms with van der Waals surface area (Å²) in [6.45, 7) is 5.14. The van der Waals surface area contributed by atoms with Crippen LogP contribution in [0.1, 0.15) is 35.6 Å². The van der Waals surface area contributed by atoms with Gasteiger partial charge in [0.2, 0.25) is 5.91 Å². The number of amides is 1. The van der Waals surface area contributed by atoms with Crippen LogP contribution in [-0.4, -0.2) is 29.9 Å². The fourth-order valence-corrected chi connectivity index (χ4v) is 3.37. The van der Waals surface area contributed by atoms with Gasteiger partial charge in [-0.3, -0.25) is 9.69 Å². The third kappa shape index (κ3) is 4.68. The molecule has 2 aromatic rings. The first-order valence-electron chi connectivity index (χ1n) is 9.01. The molecule has 3 N–H and O–H groups in total. The first kappa shape index (κ1) is 17.6. The Morgan fingerprint density at radius 2 is 1.76 bits per heavy atom. The van der Waals surface area contributed by atoms with E-state index >= 15 is 0 Å². The van der Waals surface area contributed by atoms with Gasteiger partial charge in [0.1, 0.15) is 6.04 Å². The minimum Gasteiger partial charge on any atom is -0.352 e. The maximum Gasteiger partial charge on any atom is 0.241 e. The van der Waals surface area contributed by atoms with Crippen LogP contribution in [0.5, 0.6) is 0 Å². The summed E-state index contributed by atoms with van der Waals surface area (Å²) < 4.78 is 0. The number of nitrogens with two attached hydrogens (primary N) is 1. The van der Waals surface area contributed by atoms with E-state index in [0.29, 0.717) is 0 Å². The van der Waals surface area contributed by atoms with Gasteiger partial charge in [-0.2, -0.15) is 0 Å². The minimum atomic E-state index is -0.591. The summed E-state index contributed by atoms with van der Waals surface area (Å²) in [5.41, 5.74) is 9.66. The van der Waals surface area contributed by atoms with Crippen molar-refractivity contribution in [2.45, 2.75) is 38.4 Å². The molecule has 1 heterocycles. The number of hydrogen-bond donors (Lipinski definition) is 2. The largest absolute Gasteiger partial charge is 0.352 e. The first-order chi connectivity index (χ1) is 12.1. The minimum absolute atomic E-state index is 0.0800. The molecule has 25 heavy (non-hydrogen) atoms. The molecule has 1 saturated heterocycles. The standard InChI is InChI=1S/C21H27N3O/c1-16-7-5-6-10-18(16)15-24-13-11-19(12-14-24)23-21(25)20(22)17-8-3-2-4-9-17/h2-10,19-20H,11-15,22H2,1H3,(H,23,25). The number of likely N-dealkylation sites (tertiary alicyclic amines) is 1. The maximum atomic E-state index is 12.4. The Kier molecular flexibility index (Phi) is 5.84. The van der Waals surface area contributed by atoms with E-state index in [0.717, 1.165) is 38.0 Å². The Labute approximate surface area is 150 Å². The van der Waals surface area contributed by atoms with Crippen LogP contribution in [-0.2, 0) is 11.3 Å². The van der Waals surface area contributed by atoms with Gasteiger partial charge < -0.3 is 11.1 Å². The van der Waals surface area contributed by atoms with Crippen molar-refractivity contribution in [3.8, 4) is 0 Å². The number of carbonyl (C=O) groups is 1. The van der Waals surface area contributed by atoms with Gasteiger partial charge >= 0.3 is 0 Å². The van der Waals surface area contributed by atoms with Gasteiger partial charge in [-0.25, -0.2) is 0 Å². The van der Waals surface area contributed by atoms with Gasteiger partial charge in [0.25, 0.3) is 0 Å². The van der Waals surface area contributed by atoms with Gasteiger partial charge in [0, 0.05) is 25.7 Å². The van der Waals surface area contributed by atoms with Crippen LogP contribution in [0.3, 0.4) is 0 Å². The van der Waals surface area contributed by atoms with E-state index in [-0.39, 0.29) is 11.9 Å². The van der Waals surface area contributed by atoms with E-state index in [4.69, 9.17) is 5.73 Å². The van der Waals surface area contributed by atoms with Gasteiger partial charge in [-0.15, -0.1) is 0 Å². The quantitative estimate of drug-likeness (QED) is 0.882. The number of nitrogens with one attached hydrogen (secondary N) is 1. The SMILES string of the molecule is Cc1ccccc1CN1CCC(NC(=O)C(N)c2ccccc2)CC1. The molecule has 4 heteroatoms. The van der Waals surface area contributed by atoms with Crippen molar-refractivity contribution in [2.24, 2.45) is 5.73 Å². The molecule has 2 aromatic carbocycles. The predicted molar refractivity (Wildman–Crippen MR) is 101 cm³/mol. The molecule has 1 aliphatic heterocycles. The molecular formula is C21H27N3O. The van der Waals surface area contributed by atoms with Crippen molar-refractivity contribution in [3.05, 3.63) is 71.3 Å². The molecule has 4 nitrogen and oxygen atoms in total. The van der Waals surface area contributed by atoms with Gasteiger partial charge in [0.05, 0.1) is 0 Å². The third-order valence-corrected chi connectivity index (χ3v) is 5.03. The Morgan fingerprint density at radius 3 is 2.44 bits per heavy atom. The van der Waals surface area contributed by atoms with E-state index in [1.807, 2.05) is 30.3 Å². The molecule has 132 valence electrons. The maximum absolute atomic E-state index is 12.4. The Balaban J connectivity index is 1.48. The van der Waals surface area contributed by atoms with Crippen molar-refractivity contribution < 1.29 is 4.79 Å². The molecule has 0 spiro atoms. The van der Waals surface area contributed by atoms with Crippen molar-refractivity contribution in [2.75, 3.05) is 13.1 Å². The molecule has 0 radical (unpaired) electrons. The molecule has 0 aromatic heterocycles. The predicted octanol–water partition coefficient (Wildman–Crippen LogP) is 2.78. The lowest BCUT2D eigenvalue weighted by atomic mass is 10.0. The molecule has 1 aliphatic rings. The third-order valence-electron chi connectivity index (χ3n) is 5.03. The van der Waals surface area contributed by atoms with E-state index < -0.39 is 6.04 Å². The van der Waals surface area contributed by atoms with Crippen molar-refractivity contribution in [1.29, 1.82) is 0 Å². The number of hydrogen-bond acceptors (Lipinski definition) is 3. The highest BCUT2D eigenvalue weighted by Crippen LogP contribution is 2.17. The highest BCUT2D eigenvalue weighted by atomic mass is 16.2. The number of carbonyl (C=O) groups excluding carboxylic acids is 1. The lowest BCUT2D eigenvalue weighted by Gasteiger charge is -2.33. The van der Waals surface area contributed by atoms with E-state index in [1.54, 1.807) is 0 Å². The zero-order chi connectivity index (χ0) is 17.6. The van der Waals surface area contributed by atoms with Gasteiger partial charge in [-0.1, -0.05) is 54.6 Å². The summed E-state index contributed by atoms with van der Waals surface area (Å²) in [5, 5.41) is 3.12. The average molecular weight is 337 g/mol. The zero-order valence-electron chi connectivity index (χ0n) is 14.8. The molecule has 1 amide bonds. The second-order valence-electron chi connectivity index (χ2n) is 6.87. The fourth-order valence-electron chi connectivity index (χ4n) is 3.37. The summed E-state index contributed by atoms with van der Waals surface area (Å²) in [4.78, 5) is 14.8. The van der Waals surface area contributed by atoms with Gasteiger partial charge in [0.15, 0.2) is 0 Å². The van der Waals surface area contributed by atoms with Crippen LogP contribution >= 0.6 is 0 Å². The lowest BCUT2D eigenvalue weighted by molar-refractivity contribution is -0.123. The van der Waals surface area contributed by atoms with Gasteiger partial charge in [-0.05, 0) is 36.5 Å². The van der Waals surface area contributed by atoms with E-state index in [2.05, 4.69) is 41.4 Å². The second kappa shape index (κ2) is 8.28. The van der Waals surface area contributed by atoms with Crippen molar-refractivity contribution in [3.63, 3.8) is 0 Å². The highest BCUT2D eigenvalue weighted by Gasteiger charge is 2.23. The molecule has 0 bridgehead atoms. The zero-order valence-corrected chi connectivity index (χ0v) is 14.8. The van der Waals surface area contributed by atoms with E-state index in [9.17, 15) is 4.79 Å². The number of nitrogens with zero attached hydrogens (tertiary/aromatic N) is 1. The number of benzene rings is 2. The first-order valence-corrected chi connectivity index (χ1v) is 9.01. The summed E-state index contributed by atoms with van der Waals surface area (Å²) in [6, 6.07) is 17.7. The van der Waals surface area contributed by atoms with Crippen LogP contribution in [0.4, 0.5) is 0 Å². The van der Waals surface area contributed by atoms with Crippen LogP contribution in [0, 0.1) is 6.92 Å². The van der Waals surface area contributed by atoms with Crippen molar-refractivity contribution in [1.82, 2.24) is 10.2 Å². The topological polar surface area (TPSA) is 58.4 Å². The fraction of sp³-hybridized carbons (Fsp3) is 0.381. The number of piperidine rings is 1. The second-order valence-corrected chi connectivity index (χ2v) is 6.87. The number of aryl methyl sites for hydroxylation is 1. The Bertz CT molecular complexity index is 693. The molecule has 1 fully saturated rings. The summed E-state index contributed by atoms with van der Waals surface area (Å²) in [7, 11) is 0. The van der Waals surface area contributed by atoms with E-state index in [1.165, 1.54) is 11.1 Å². The van der Waals surface area contributed by atoms with Crippen molar-refractivity contribution >= 4 is 5.91 Å². The molecular weight excluding hydrogens is 310 g/mol. The Morgan fingerprint density at radius 1 is 1.12 bits per heavy atom. The van der Waals surface area contributed by atoms with Crippen LogP contribution in [0.15, 0.2) is 54.6 Å². The molecule has 0 aliphatic carbocycles. The Hall–Kier alpha value is -2.17. The summed E-state index contributed by atoms with van der Waals surface area (Å²) in [5.74, 6) is -0.0800. The average Bonchev–Trinajstić information content (AvgIpc) is 2.65. The lowest BCUT2D eigenvalue weighted by Crippen LogP contribution is -2.46. The highest BCUT2D eigenvalue weighted by molar-refractivity contribution is 5.83. The van der Waals surface area contributed by atoms with Crippen LogP contribution in [0.2, 0.25) is 0 Å². The monoisotopic (exact) mass is 337 g/mol. The summed E-state index contributed by atoms with van der Waals surface area (Å²) >= 11 is 0. The van der Waals surface area contributed by atoms with Crippen LogP contribution < -0.4 is 11.1 Å². The molecule has 1 unspecified atom stereocenters. The smallest absolute Gasteiger partial charge is 0.241 e. The number of rotatable bonds is 5. The molecule has 0 saturated carbocycles. The normalized spacial score (nSPS) is 17.2. The van der Waals surface area contributed by atoms with Crippen LogP contribution in [0.25, 0.3) is 0 Å². The molecule has 1 atom stereocenters.